The van der Waals surface area contributed by atoms with Gasteiger partial charge in [0.1, 0.15) is 10.8 Å². The highest BCUT2D eigenvalue weighted by Gasteiger charge is 2.10. The van der Waals surface area contributed by atoms with Gasteiger partial charge in [0.2, 0.25) is 11.7 Å². The first kappa shape index (κ1) is 19.3. The van der Waals surface area contributed by atoms with E-state index in [9.17, 15) is 5.11 Å². The summed E-state index contributed by atoms with van der Waals surface area (Å²) in [5.74, 6) is 0.620. The van der Waals surface area contributed by atoms with Crippen molar-refractivity contribution in [3.05, 3.63) is 102 Å². The number of nitrogens with zero attached hydrogens (tertiary/aromatic N) is 5. The van der Waals surface area contributed by atoms with Crippen molar-refractivity contribution in [1.29, 1.82) is 0 Å². The predicted octanol–water partition coefficient (Wildman–Crippen LogP) is 4.64. The number of furan rings is 1. The van der Waals surface area contributed by atoms with Crippen molar-refractivity contribution in [2.24, 2.45) is 20.7 Å². The van der Waals surface area contributed by atoms with Crippen LogP contribution >= 0.6 is 23.6 Å². The van der Waals surface area contributed by atoms with Crippen LogP contribution in [0.4, 0.5) is 0 Å². The molecule has 4 aromatic rings. The molecular formula is C22H15N5O2S2. The molecule has 7 nitrogen and oxygen atoms in total. The number of aromatic nitrogens is 1. The largest absolute Gasteiger partial charge is 0.493 e. The van der Waals surface area contributed by atoms with Crippen molar-refractivity contribution in [3.63, 3.8) is 0 Å². The van der Waals surface area contributed by atoms with Crippen molar-refractivity contribution in [1.82, 2.24) is 4.57 Å². The number of hydrogen-bond donors (Lipinski definition) is 1. The fourth-order valence-electron chi connectivity index (χ4n) is 3.17. The average molecular weight is 446 g/mol. The highest BCUT2D eigenvalue weighted by molar-refractivity contribution is 7.73. The smallest absolute Gasteiger partial charge is 0.211 e. The normalized spacial score (nSPS) is 13.4. The van der Waals surface area contributed by atoms with Crippen LogP contribution in [0.3, 0.4) is 0 Å². The third kappa shape index (κ3) is 4.00. The second-order valence-corrected chi connectivity index (χ2v) is 8.43. The fourth-order valence-corrected chi connectivity index (χ4v) is 4.42. The maximum absolute atomic E-state index is 10.7. The molecule has 0 bridgehead atoms. The summed E-state index contributed by atoms with van der Waals surface area (Å²) in [6.45, 7) is 0.518. The van der Waals surface area contributed by atoms with E-state index in [0.717, 1.165) is 16.0 Å². The van der Waals surface area contributed by atoms with Gasteiger partial charge in [0, 0.05) is 16.5 Å². The van der Waals surface area contributed by atoms with Crippen LogP contribution in [0.5, 0.6) is 5.88 Å². The Labute approximate surface area is 185 Å². The molecule has 9 heteroatoms. The van der Waals surface area contributed by atoms with Crippen molar-refractivity contribution < 1.29 is 9.52 Å². The number of hydrogen-bond acceptors (Lipinski definition) is 8. The highest BCUT2D eigenvalue weighted by atomic mass is 32.1. The van der Waals surface area contributed by atoms with Gasteiger partial charge in [-0.05, 0) is 40.4 Å². The van der Waals surface area contributed by atoms with E-state index >= 15 is 0 Å². The van der Waals surface area contributed by atoms with Crippen molar-refractivity contribution in [2.75, 3.05) is 0 Å². The van der Waals surface area contributed by atoms with Crippen LogP contribution in [0, 0.1) is 14.6 Å². The van der Waals surface area contributed by atoms with E-state index in [1.807, 2.05) is 66.7 Å². The second-order valence-electron chi connectivity index (χ2n) is 6.75. The lowest BCUT2D eigenvalue weighted by Crippen LogP contribution is -2.00. The van der Waals surface area contributed by atoms with Crippen molar-refractivity contribution >= 4 is 35.5 Å². The molecule has 0 fully saturated rings. The molecule has 1 N–H and O–H groups in total. The first-order chi connectivity index (χ1) is 15.2. The van der Waals surface area contributed by atoms with Gasteiger partial charge in [0.05, 0.1) is 11.4 Å². The quantitative estimate of drug-likeness (QED) is 0.466. The molecule has 0 radical (unpaired) electrons. The molecule has 152 valence electrons. The predicted molar refractivity (Wildman–Crippen MR) is 119 cm³/mol. The SMILES string of the molecule is Oc1c(C=c2ccc(=c3ccc(=C4N=NN=N4)cc3)o2)sc(=S)n1Cc1ccccc1. The van der Waals surface area contributed by atoms with Gasteiger partial charge in [-0.25, -0.2) is 0 Å². The summed E-state index contributed by atoms with van der Waals surface area (Å²) in [6, 6.07) is 21.3. The minimum atomic E-state index is 0.137. The zero-order valence-electron chi connectivity index (χ0n) is 16.0. The summed E-state index contributed by atoms with van der Waals surface area (Å²) in [6.07, 6.45) is 1.80. The summed E-state index contributed by atoms with van der Waals surface area (Å²) >= 11 is 6.80. The average Bonchev–Trinajstić information content (AvgIpc) is 3.54. The van der Waals surface area contributed by atoms with Crippen molar-refractivity contribution in [2.45, 2.75) is 6.54 Å². The van der Waals surface area contributed by atoms with Gasteiger partial charge in [-0.1, -0.05) is 54.6 Å². The summed E-state index contributed by atoms with van der Waals surface area (Å²) in [5, 5.41) is 27.1. The van der Waals surface area contributed by atoms with Crippen LogP contribution in [0.15, 0.2) is 91.8 Å². The van der Waals surface area contributed by atoms with E-state index in [4.69, 9.17) is 16.6 Å². The molecule has 2 aromatic heterocycles. The molecule has 0 saturated carbocycles. The lowest BCUT2D eigenvalue weighted by molar-refractivity contribution is 0.422. The van der Waals surface area contributed by atoms with Crippen LogP contribution in [-0.2, 0) is 6.54 Å². The van der Waals surface area contributed by atoms with Crippen LogP contribution in [0.1, 0.15) is 10.4 Å². The minimum absolute atomic E-state index is 0.137. The Morgan fingerprint density at radius 3 is 2.39 bits per heavy atom. The first-order valence-electron chi connectivity index (χ1n) is 9.38. The van der Waals surface area contributed by atoms with Crippen LogP contribution in [0.2, 0.25) is 0 Å². The Morgan fingerprint density at radius 2 is 1.65 bits per heavy atom. The molecule has 1 aliphatic heterocycles. The van der Waals surface area contributed by atoms with Crippen LogP contribution in [-0.4, -0.2) is 9.67 Å². The summed E-state index contributed by atoms with van der Waals surface area (Å²) in [4.78, 5) is 0.658. The Balaban J connectivity index is 1.51. The van der Waals surface area contributed by atoms with E-state index in [2.05, 4.69) is 20.7 Å². The summed E-state index contributed by atoms with van der Waals surface area (Å²) in [5.41, 5.74) is 2.41. The number of thiazole rings is 1. The zero-order chi connectivity index (χ0) is 21.2. The molecule has 1 aliphatic rings. The lowest BCUT2D eigenvalue weighted by Gasteiger charge is -2.04. The molecule has 31 heavy (non-hydrogen) atoms. The topological polar surface area (TPSA) is 87.7 Å². The third-order valence-electron chi connectivity index (χ3n) is 4.72. The van der Waals surface area contributed by atoms with Gasteiger partial charge < -0.3 is 9.52 Å². The monoisotopic (exact) mass is 445 g/mol. The fraction of sp³-hybridized carbons (Fsp3) is 0.0455. The molecule has 0 aliphatic carbocycles. The number of aromatic hydroxyl groups is 1. The molecule has 0 amide bonds. The molecule has 2 aromatic carbocycles. The van der Waals surface area contributed by atoms with Gasteiger partial charge in [0.15, 0.2) is 3.95 Å². The molecule has 0 atom stereocenters. The minimum Gasteiger partial charge on any atom is -0.493 e. The standard InChI is InChI=1S/C22H15N5O2S2/c28-21-19(31-22(30)27(21)13-14-4-2-1-3-5-14)12-17-10-11-18(29-17)15-6-8-16(9-7-15)20-23-25-26-24-20/h1-12,28H,13H2. The molecule has 0 unspecified atom stereocenters. The lowest BCUT2D eigenvalue weighted by atomic mass is 10.2. The molecule has 5 rings (SSSR count). The van der Waals surface area contributed by atoms with Gasteiger partial charge in [0.25, 0.3) is 0 Å². The van der Waals surface area contributed by atoms with E-state index in [0.29, 0.717) is 32.0 Å². The van der Waals surface area contributed by atoms with Gasteiger partial charge in [-0.15, -0.1) is 21.6 Å². The van der Waals surface area contributed by atoms with Gasteiger partial charge in [-0.2, -0.15) is 0 Å². The number of benzene rings is 2. The Hall–Kier alpha value is -3.69. The molecular weight excluding hydrogens is 430 g/mol. The van der Waals surface area contributed by atoms with E-state index in [1.165, 1.54) is 11.3 Å². The maximum Gasteiger partial charge on any atom is 0.211 e. The highest BCUT2D eigenvalue weighted by Crippen LogP contribution is 2.27. The summed E-state index contributed by atoms with van der Waals surface area (Å²) < 4.78 is 8.29. The Bertz CT molecular complexity index is 1560. The summed E-state index contributed by atoms with van der Waals surface area (Å²) in [7, 11) is 0. The second kappa shape index (κ2) is 8.21. The number of rotatable bonds is 3. The third-order valence-corrected chi connectivity index (χ3v) is 6.11. The maximum atomic E-state index is 10.7. The van der Waals surface area contributed by atoms with Gasteiger partial charge >= 0.3 is 0 Å². The van der Waals surface area contributed by atoms with Crippen LogP contribution in [0.25, 0.3) is 11.9 Å². The zero-order valence-corrected chi connectivity index (χ0v) is 17.7. The Morgan fingerprint density at radius 1 is 0.935 bits per heavy atom. The van der Waals surface area contributed by atoms with Crippen molar-refractivity contribution in [3.8, 4) is 5.88 Å². The van der Waals surface area contributed by atoms with Crippen LogP contribution < -0.4 is 10.6 Å². The van der Waals surface area contributed by atoms with E-state index < -0.39 is 0 Å². The van der Waals surface area contributed by atoms with E-state index in [1.54, 1.807) is 10.6 Å². The first-order valence-corrected chi connectivity index (χ1v) is 10.6. The molecule has 0 spiro atoms. The molecule has 3 heterocycles. The molecule has 0 saturated heterocycles. The Kier molecular flexibility index (Phi) is 5.11. The van der Waals surface area contributed by atoms with Gasteiger partial charge in [-0.3, -0.25) is 4.57 Å². The van der Waals surface area contributed by atoms with E-state index in [-0.39, 0.29) is 5.88 Å².